The average molecular weight is 421 g/mol. The van der Waals surface area contributed by atoms with Crippen LogP contribution in [0.15, 0.2) is 0 Å². The van der Waals surface area contributed by atoms with Crippen molar-refractivity contribution in [2.75, 3.05) is 13.1 Å². The van der Waals surface area contributed by atoms with Crippen molar-refractivity contribution in [1.82, 2.24) is 20.4 Å². The van der Waals surface area contributed by atoms with Crippen molar-refractivity contribution in [3.05, 3.63) is 0 Å². The van der Waals surface area contributed by atoms with Gasteiger partial charge < -0.3 is 20.4 Å². The van der Waals surface area contributed by atoms with Crippen LogP contribution in [-0.2, 0) is 0 Å². The van der Waals surface area contributed by atoms with Crippen molar-refractivity contribution >= 4 is 12.1 Å². The summed E-state index contributed by atoms with van der Waals surface area (Å²) in [6.07, 6.45) is 18.7. The molecule has 30 heavy (non-hydrogen) atoms. The summed E-state index contributed by atoms with van der Waals surface area (Å²) in [7, 11) is 0. The van der Waals surface area contributed by atoms with Crippen molar-refractivity contribution in [2.24, 2.45) is 0 Å². The maximum absolute atomic E-state index is 12.2. The maximum atomic E-state index is 12.2. The summed E-state index contributed by atoms with van der Waals surface area (Å²) in [5.74, 6) is 0. The van der Waals surface area contributed by atoms with E-state index in [4.69, 9.17) is 0 Å². The number of amides is 4. The Labute approximate surface area is 183 Å². The van der Waals surface area contributed by atoms with Crippen LogP contribution in [0, 0.1) is 0 Å². The Balaban J connectivity index is 1.40. The Morgan fingerprint density at radius 2 is 0.933 bits per heavy atom. The van der Waals surface area contributed by atoms with Gasteiger partial charge in [-0.25, -0.2) is 9.59 Å². The van der Waals surface area contributed by atoms with E-state index in [1.807, 2.05) is 0 Å². The fourth-order valence-corrected chi connectivity index (χ4v) is 5.55. The molecular weight excluding hydrogens is 376 g/mol. The van der Waals surface area contributed by atoms with E-state index in [-0.39, 0.29) is 23.4 Å². The number of urea groups is 2. The van der Waals surface area contributed by atoms with Gasteiger partial charge in [-0.15, -0.1) is 0 Å². The monoisotopic (exact) mass is 420 g/mol. The topological polar surface area (TPSA) is 64.7 Å². The average Bonchev–Trinajstić information content (AvgIpc) is 2.73. The van der Waals surface area contributed by atoms with E-state index in [9.17, 15) is 9.59 Å². The molecule has 2 heterocycles. The minimum atomic E-state index is -0.155. The lowest BCUT2D eigenvalue weighted by molar-refractivity contribution is -0.0761. The van der Waals surface area contributed by atoms with E-state index < -0.39 is 0 Å². The number of unbranched alkanes of at least 4 members (excludes halogenated alkanes) is 10. The summed E-state index contributed by atoms with van der Waals surface area (Å²) in [5, 5.41) is 6.42. The quantitative estimate of drug-likeness (QED) is 0.353. The van der Waals surface area contributed by atoms with Gasteiger partial charge in [0.25, 0.3) is 0 Å². The molecule has 0 aromatic carbocycles. The molecule has 0 unspecified atom stereocenters. The van der Waals surface area contributed by atoms with Gasteiger partial charge in [0.05, 0.1) is 0 Å². The van der Waals surface area contributed by atoms with E-state index in [0.717, 1.165) is 51.6 Å². The number of carbonyl (C=O) groups is 2. The number of carbonyl (C=O) groups excluding carboxylic acids is 2. The molecule has 1 aliphatic carbocycles. The highest BCUT2D eigenvalue weighted by Gasteiger charge is 2.59. The molecule has 1 saturated carbocycles. The Bertz CT molecular complexity index is 522. The second kappa shape index (κ2) is 10.7. The van der Waals surface area contributed by atoms with Crippen LogP contribution in [0.3, 0.4) is 0 Å². The molecule has 3 rings (SSSR count). The Morgan fingerprint density at radius 3 is 1.27 bits per heavy atom. The van der Waals surface area contributed by atoms with Crippen molar-refractivity contribution < 1.29 is 9.59 Å². The standard InChI is InChI=1S/C24H44N4O2/c1-3-5-7-9-11-13-19-27-21(29)25-23(27)15-17-24(18-16-23)26-22(30)28(24)20-14-12-10-8-6-4-2/h3-20H2,1-2H3,(H,25,29)(H,26,30). The maximum Gasteiger partial charge on any atom is 0.321 e. The minimum Gasteiger partial charge on any atom is -0.315 e. The summed E-state index contributed by atoms with van der Waals surface area (Å²) < 4.78 is 0. The van der Waals surface area contributed by atoms with Crippen LogP contribution in [0.4, 0.5) is 9.59 Å². The van der Waals surface area contributed by atoms with Crippen molar-refractivity contribution in [2.45, 2.75) is 128 Å². The van der Waals surface area contributed by atoms with Gasteiger partial charge in [0.15, 0.2) is 0 Å². The third-order valence-corrected chi connectivity index (χ3v) is 7.58. The molecule has 3 fully saturated rings. The van der Waals surface area contributed by atoms with E-state index in [1.165, 1.54) is 64.2 Å². The zero-order chi connectivity index (χ0) is 21.5. The lowest BCUT2D eigenvalue weighted by Gasteiger charge is -2.62. The van der Waals surface area contributed by atoms with Crippen LogP contribution in [-0.4, -0.2) is 46.3 Å². The normalized spacial score (nSPS) is 27.8. The number of nitrogens with zero attached hydrogens (tertiary/aromatic N) is 2. The van der Waals surface area contributed by atoms with Crippen molar-refractivity contribution in [3.63, 3.8) is 0 Å². The first kappa shape index (κ1) is 23.2. The number of rotatable bonds is 14. The van der Waals surface area contributed by atoms with Crippen LogP contribution in [0.1, 0.15) is 117 Å². The van der Waals surface area contributed by atoms with Crippen molar-refractivity contribution in [3.8, 4) is 0 Å². The van der Waals surface area contributed by atoms with Crippen LogP contribution >= 0.6 is 0 Å². The molecule has 2 aliphatic heterocycles. The number of hydrogen-bond donors (Lipinski definition) is 2. The molecule has 172 valence electrons. The molecule has 3 aliphatic rings. The highest BCUT2D eigenvalue weighted by atomic mass is 16.2. The summed E-state index contributed by atoms with van der Waals surface area (Å²) in [5.41, 5.74) is -0.310. The summed E-state index contributed by atoms with van der Waals surface area (Å²) in [6.45, 7) is 6.23. The van der Waals surface area contributed by atoms with Gasteiger partial charge in [-0.1, -0.05) is 78.1 Å². The summed E-state index contributed by atoms with van der Waals surface area (Å²) in [4.78, 5) is 28.6. The van der Waals surface area contributed by atoms with Gasteiger partial charge in [-0.05, 0) is 38.5 Å². The Morgan fingerprint density at radius 1 is 0.600 bits per heavy atom. The van der Waals surface area contributed by atoms with Gasteiger partial charge in [-0.3, -0.25) is 0 Å². The predicted octanol–water partition coefficient (Wildman–Crippen LogP) is 5.72. The van der Waals surface area contributed by atoms with E-state index >= 15 is 0 Å². The molecule has 0 aromatic heterocycles. The fraction of sp³-hybridized carbons (Fsp3) is 0.917. The lowest BCUT2D eigenvalue weighted by atomic mass is 9.76. The third kappa shape index (κ3) is 5.05. The second-order valence-electron chi connectivity index (χ2n) is 9.76. The molecule has 0 atom stereocenters. The SMILES string of the molecule is CCCCCCCCN1C(=O)NC12CCC1(CC2)NC(=O)N1CCCCCCCC. The molecule has 6 nitrogen and oxygen atoms in total. The van der Waals surface area contributed by atoms with E-state index in [0.29, 0.717) is 0 Å². The predicted molar refractivity (Wildman–Crippen MR) is 121 cm³/mol. The van der Waals surface area contributed by atoms with E-state index in [2.05, 4.69) is 34.3 Å². The zero-order valence-corrected chi connectivity index (χ0v) is 19.4. The third-order valence-electron chi connectivity index (χ3n) is 7.58. The number of nitrogens with one attached hydrogen (secondary N) is 2. The van der Waals surface area contributed by atoms with Crippen molar-refractivity contribution in [1.29, 1.82) is 0 Å². The largest absolute Gasteiger partial charge is 0.321 e. The van der Waals surface area contributed by atoms with Gasteiger partial charge in [0, 0.05) is 13.1 Å². The lowest BCUT2D eigenvalue weighted by Crippen LogP contribution is -2.82. The fourth-order valence-electron chi connectivity index (χ4n) is 5.55. The smallest absolute Gasteiger partial charge is 0.315 e. The minimum absolute atomic E-state index is 0.0982. The highest BCUT2D eigenvalue weighted by Crippen LogP contribution is 2.45. The first-order valence-corrected chi connectivity index (χ1v) is 12.8. The Kier molecular flexibility index (Phi) is 8.29. The number of hydrogen-bond acceptors (Lipinski definition) is 2. The first-order valence-electron chi connectivity index (χ1n) is 12.8. The molecule has 0 radical (unpaired) electrons. The molecule has 0 aromatic rings. The zero-order valence-electron chi connectivity index (χ0n) is 19.4. The molecule has 6 heteroatoms. The Hall–Kier alpha value is -1.46. The van der Waals surface area contributed by atoms with Gasteiger partial charge in [0.1, 0.15) is 11.3 Å². The molecule has 2 saturated heterocycles. The molecule has 2 spiro atoms. The summed E-state index contributed by atoms with van der Waals surface area (Å²) >= 11 is 0. The van der Waals surface area contributed by atoms with Gasteiger partial charge in [-0.2, -0.15) is 0 Å². The van der Waals surface area contributed by atoms with E-state index in [1.54, 1.807) is 0 Å². The summed E-state index contributed by atoms with van der Waals surface area (Å²) in [6, 6.07) is 0.196. The molecule has 2 N–H and O–H groups in total. The van der Waals surface area contributed by atoms with Crippen LogP contribution in [0.2, 0.25) is 0 Å². The molecule has 4 amide bonds. The van der Waals surface area contributed by atoms with Gasteiger partial charge >= 0.3 is 12.1 Å². The van der Waals surface area contributed by atoms with Gasteiger partial charge in [0.2, 0.25) is 0 Å². The van der Waals surface area contributed by atoms with Crippen LogP contribution in [0.5, 0.6) is 0 Å². The molecule has 0 bridgehead atoms. The second-order valence-corrected chi connectivity index (χ2v) is 9.76. The van der Waals surface area contributed by atoms with Crippen LogP contribution in [0.25, 0.3) is 0 Å². The van der Waals surface area contributed by atoms with Crippen LogP contribution < -0.4 is 10.6 Å². The molecular formula is C24H44N4O2. The highest BCUT2D eigenvalue weighted by molar-refractivity contribution is 5.83. The first-order chi connectivity index (χ1) is 14.6.